The van der Waals surface area contributed by atoms with E-state index in [1.54, 1.807) is 0 Å². The Hall–Kier alpha value is -3.44. The fourth-order valence-electron chi connectivity index (χ4n) is 3.00. The molecule has 0 radical (unpaired) electrons. The number of carbonyl (C=O) groups is 1. The van der Waals surface area contributed by atoms with Gasteiger partial charge in [0.05, 0.1) is 38.3 Å². The largest absolute Gasteiger partial charge is 0.380 e. The van der Waals surface area contributed by atoms with Crippen molar-refractivity contribution in [1.82, 2.24) is 4.57 Å². The second-order valence-corrected chi connectivity index (χ2v) is 7.82. The van der Waals surface area contributed by atoms with E-state index in [1.807, 2.05) is 37.5 Å². The first kappa shape index (κ1) is 22.2. The molecular weight excluding hydrogens is 424 g/mol. The highest BCUT2D eigenvalue weighted by Crippen LogP contribution is 2.24. The number of benzene rings is 2. The number of aryl methyl sites for hydroxylation is 2. The maximum absolute atomic E-state index is 12.8. The maximum atomic E-state index is 12.8. The monoisotopic (exact) mass is 444 g/mol. The lowest BCUT2D eigenvalue weighted by Gasteiger charge is -2.07. The Morgan fingerprint density at radius 1 is 1.06 bits per heavy atom. The number of thiazole rings is 1. The van der Waals surface area contributed by atoms with Gasteiger partial charge in [-0.15, -0.1) is 0 Å². The van der Waals surface area contributed by atoms with Crippen LogP contribution in [-0.2, 0) is 11.3 Å². The summed E-state index contributed by atoms with van der Waals surface area (Å²) in [6, 6.07) is 6.81. The van der Waals surface area contributed by atoms with Crippen molar-refractivity contribution in [2.45, 2.75) is 27.3 Å². The van der Waals surface area contributed by atoms with Crippen molar-refractivity contribution in [2.24, 2.45) is 4.99 Å². The molecule has 0 spiro atoms. The number of hydrogen-bond acceptors (Lipinski definition) is 7. The maximum Gasteiger partial charge on any atom is 0.280 e. The molecule has 0 saturated heterocycles. The summed E-state index contributed by atoms with van der Waals surface area (Å²) >= 11 is 1.30. The number of nitrogens with zero attached hydrogens (tertiary/aromatic N) is 4. The molecule has 0 atom stereocenters. The van der Waals surface area contributed by atoms with Gasteiger partial charge in [-0.05, 0) is 44.0 Å². The summed E-state index contributed by atoms with van der Waals surface area (Å²) in [4.78, 5) is 38.0. The van der Waals surface area contributed by atoms with E-state index < -0.39 is 27.1 Å². The van der Waals surface area contributed by atoms with Gasteiger partial charge in [-0.25, -0.2) is 0 Å². The van der Waals surface area contributed by atoms with E-state index >= 15 is 0 Å². The van der Waals surface area contributed by atoms with Crippen molar-refractivity contribution in [1.29, 1.82) is 0 Å². The number of hydrogen-bond donors (Lipinski definition) is 0. The molecule has 0 aliphatic rings. The standard InChI is InChI=1S/C20H20N4O6S/c1-4-30-6-5-22-17-7-12(2)13(3)8-18(17)31-20(22)21-19(25)14-9-15(23(26)27)11-16(10-14)24(28)29/h7-11H,4-6H2,1-3H3. The summed E-state index contributed by atoms with van der Waals surface area (Å²) in [5, 5.41) is 22.2. The SMILES string of the molecule is CCOCCn1c(=NC(=O)c2cc([N+](=O)[O-])cc([N+](=O)[O-])c2)sc2cc(C)c(C)cc21. The fraction of sp³-hybridized carbons (Fsp3) is 0.300. The molecule has 1 amide bonds. The first-order chi connectivity index (χ1) is 14.7. The van der Waals surface area contributed by atoms with Gasteiger partial charge in [0.15, 0.2) is 4.80 Å². The zero-order valence-corrected chi connectivity index (χ0v) is 18.0. The van der Waals surface area contributed by atoms with Crippen LogP contribution in [0.25, 0.3) is 10.2 Å². The van der Waals surface area contributed by atoms with Crippen molar-refractivity contribution in [3.63, 3.8) is 0 Å². The molecule has 0 aliphatic carbocycles. The Kier molecular flexibility index (Phi) is 6.56. The summed E-state index contributed by atoms with van der Waals surface area (Å²) < 4.78 is 8.23. The zero-order valence-electron chi connectivity index (χ0n) is 17.2. The highest BCUT2D eigenvalue weighted by Gasteiger charge is 2.20. The van der Waals surface area contributed by atoms with Gasteiger partial charge in [-0.1, -0.05) is 11.3 Å². The summed E-state index contributed by atoms with van der Waals surface area (Å²) in [6.45, 7) is 7.28. The van der Waals surface area contributed by atoms with Gasteiger partial charge in [0.1, 0.15) is 0 Å². The number of nitro groups is 2. The van der Waals surface area contributed by atoms with E-state index in [0.29, 0.717) is 24.6 Å². The molecule has 3 rings (SSSR count). The Morgan fingerprint density at radius 3 is 2.26 bits per heavy atom. The van der Waals surface area contributed by atoms with Crippen LogP contribution in [-0.4, -0.2) is 33.5 Å². The summed E-state index contributed by atoms with van der Waals surface area (Å²) in [5.74, 6) is -0.794. The second kappa shape index (κ2) is 9.14. The Labute approximate surface area is 180 Å². The van der Waals surface area contributed by atoms with Gasteiger partial charge in [0, 0.05) is 25.3 Å². The first-order valence-corrected chi connectivity index (χ1v) is 10.2. The minimum atomic E-state index is -0.794. The predicted molar refractivity (Wildman–Crippen MR) is 115 cm³/mol. The number of amides is 1. The van der Waals surface area contributed by atoms with E-state index in [1.165, 1.54) is 11.3 Å². The van der Waals surface area contributed by atoms with Crippen molar-refractivity contribution in [3.8, 4) is 0 Å². The molecular formula is C20H20N4O6S. The lowest BCUT2D eigenvalue weighted by Crippen LogP contribution is -2.20. The minimum absolute atomic E-state index is 0.220. The van der Waals surface area contributed by atoms with Crippen molar-refractivity contribution in [3.05, 3.63) is 72.1 Å². The number of nitro benzene ring substituents is 2. The Balaban J connectivity index is 2.15. The molecule has 10 nitrogen and oxygen atoms in total. The van der Waals surface area contributed by atoms with E-state index in [-0.39, 0.29) is 5.56 Å². The third kappa shape index (κ3) is 4.84. The summed E-state index contributed by atoms with van der Waals surface area (Å²) in [5.41, 5.74) is 1.77. The van der Waals surface area contributed by atoms with Crippen molar-refractivity contribution < 1.29 is 19.4 Å². The predicted octanol–water partition coefficient (Wildman–Crippen LogP) is 3.91. The molecule has 0 bridgehead atoms. The topological polar surface area (TPSA) is 130 Å². The lowest BCUT2D eigenvalue weighted by atomic mass is 10.1. The van der Waals surface area contributed by atoms with Crippen LogP contribution in [0, 0.1) is 34.1 Å². The molecule has 3 aromatic rings. The minimum Gasteiger partial charge on any atom is -0.380 e. The fourth-order valence-corrected chi connectivity index (χ4v) is 4.14. The normalized spacial score (nSPS) is 11.8. The zero-order chi connectivity index (χ0) is 22.7. The molecule has 31 heavy (non-hydrogen) atoms. The van der Waals surface area contributed by atoms with Gasteiger partial charge in [-0.3, -0.25) is 25.0 Å². The van der Waals surface area contributed by atoms with Crippen molar-refractivity contribution >= 4 is 38.8 Å². The molecule has 11 heteroatoms. The lowest BCUT2D eigenvalue weighted by molar-refractivity contribution is -0.394. The van der Waals surface area contributed by atoms with Crippen LogP contribution in [0.4, 0.5) is 11.4 Å². The summed E-state index contributed by atoms with van der Waals surface area (Å²) in [7, 11) is 0. The summed E-state index contributed by atoms with van der Waals surface area (Å²) in [6.07, 6.45) is 0. The number of fused-ring (bicyclic) bond motifs is 1. The molecule has 0 unspecified atom stereocenters. The molecule has 0 aliphatic heterocycles. The van der Waals surface area contributed by atoms with Gasteiger partial charge in [0.2, 0.25) is 0 Å². The average Bonchev–Trinajstić information content (AvgIpc) is 3.04. The number of rotatable bonds is 7. The van der Waals surface area contributed by atoms with Gasteiger partial charge < -0.3 is 9.30 Å². The Morgan fingerprint density at radius 2 is 1.68 bits per heavy atom. The van der Waals surface area contributed by atoms with E-state index in [9.17, 15) is 25.0 Å². The molecule has 0 fully saturated rings. The van der Waals surface area contributed by atoms with Crippen LogP contribution in [0.15, 0.2) is 35.3 Å². The third-order valence-corrected chi connectivity index (χ3v) is 5.77. The van der Waals surface area contributed by atoms with E-state index in [4.69, 9.17) is 4.74 Å². The van der Waals surface area contributed by atoms with E-state index in [0.717, 1.165) is 39.5 Å². The van der Waals surface area contributed by atoms with Crippen LogP contribution < -0.4 is 4.80 Å². The number of carbonyl (C=O) groups excluding carboxylic acids is 1. The second-order valence-electron chi connectivity index (χ2n) is 6.81. The third-order valence-electron chi connectivity index (χ3n) is 4.73. The molecule has 2 aromatic carbocycles. The number of non-ortho nitro benzene ring substituents is 2. The number of aromatic nitrogens is 1. The highest BCUT2D eigenvalue weighted by atomic mass is 32.1. The van der Waals surface area contributed by atoms with Gasteiger partial charge in [-0.2, -0.15) is 4.99 Å². The van der Waals surface area contributed by atoms with E-state index in [2.05, 4.69) is 4.99 Å². The smallest absolute Gasteiger partial charge is 0.280 e. The van der Waals surface area contributed by atoms with Crippen LogP contribution >= 0.6 is 11.3 Å². The van der Waals surface area contributed by atoms with Crippen LogP contribution in [0.2, 0.25) is 0 Å². The Bertz CT molecular complexity index is 1230. The average molecular weight is 444 g/mol. The molecule has 1 aromatic heterocycles. The van der Waals surface area contributed by atoms with Gasteiger partial charge >= 0.3 is 0 Å². The van der Waals surface area contributed by atoms with Crippen LogP contribution in [0.5, 0.6) is 0 Å². The molecule has 0 saturated carbocycles. The highest BCUT2D eigenvalue weighted by molar-refractivity contribution is 7.16. The molecule has 1 heterocycles. The van der Waals surface area contributed by atoms with Crippen LogP contribution in [0.1, 0.15) is 28.4 Å². The first-order valence-electron chi connectivity index (χ1n) is 9.42. The molecule has 0 N–H and O–H groups in total. The van der Waals surface area contributed by atoms with Crippen molar-refractivity contribution in [2.75, 3.05) is 13.2 Å². The van der Waals surface area contributed by atoms with Gasteiger partial charge in [0.25, 0.3) is 17.3 Å². The quantitative estimate of drug-likeness (QED) is 0.308. The van der Waals surface area contributed by atoms with Crippen LogP contribution in [0.3, 0.4) is 0 Å². The molecule has 162 valence electrons. The number of ether oxygens (including phenoxy) is 1.